The van der Waals surface area contributed by atoms with Crippen molar-refractivity contribution in [1.29, 1.82) is 0 Å². The van der Waals surface area contributed by atoms with Crippen molar-refractivity contribution in [2.45, 2.75) is 64.1 Å². The normalized spacial score (nSPS) is 28.5. The zero-order chi connectivity index (χ0) is 16.0. The maximum atomic E-state index is 12.6. The number of nitrogens with one attached hydrogen (secondary N) is 1. The van der Waals surface area contributed by atoms with Crippen LogP contribution in [0.25, 0.3) is 0 Å². The number of hydrogen-bond donors (Lipinski definition) is 1. The van der Waals surface area contributed by atoms with Crippen molar-refractivity contribution in [2.75, 3.05) is 13.1 Å². The Bertz CT molecular complexity index is 560. The summed E-state index contributed by atoms with van der Waals surface area (Å²) in [4.78, 5) is 14.4. The fourth-order valence-electron chi connectivity index (χ4n) is 3.70. The second kappa shape index (κ2) is 5.30. The molecule has 1 N–H and O–H groups in total. The van der Waals surface area contributed by atoms with Crippen molar-refractivity contribution in [3.8, 4) is 0 Å². The highest BCUT2D eigenvalue weighted by atomic mass is 16.6. The number of rotatable bonds is 1. The Balaban J connectivity index is 1.86. The van der Waals surface area contributed by atoms with Crippen LogP contribution in [0.1, 0.15) is 51.9 Å². The lowest BCUT2D eigenvalue weighted by Gasteiger charge is -2.42. The summed E-state index contributed by atoms with van der Waals surface area (Å²) in [6.07, 6.45) is 4.46. The van der Waals surface area contributed by atoms with Crippen LogP contribution in [-0.2, 0) is 16.7 Å². The van der Waals surface area contributed by atoms with Gasteiger partial charge in [-0.3, -0.25) is 0 Å². The van der Waals surface area contributed by atoms with Crippen LogP contribution >= 0.6 is 0 Å². The van der Waals surface area contributed by atoms with Crippen LogP contribution in [0.4, 0.5) is 4.79 Å². The van der Waals surface area contributed by atoms with Crippen molar-refractivity contribution in [1.82, 2.24) is 10.2 Å². The molecule has 2 unspecified atom stereocenters. The zero-order valence-electron chi connectivity index (χ0n) is 13.9. The average Bonchev–Trinajstić information content (AvgIpc) is 3.06. The van der Waals surface area contributed by atoms with Gasteiger partial charge in [-0.25, -0.2) is 4.79 Å². The minimum Gasteiger partial charge on any atom is -0.467 e. The van der Waals surface area contributed by atoms with E-state index in [0.29, 0.717) is 0 Å². The number of nitrogens with zero attached hydrogens (tertiary/aromatic N) is 1. The highest BCUT2D eigenvalue weighted by molar-refractivity contribution is 5.69. The van der Waals surface area contributed by atoms with E-state index in [1.165, 1.54) is 5.56 Å². The summed E-state index contributed by atoms with van der Waals surface area (Å²) in [5.74, 6) is 0.971. The molecule has 0 aliphatic carbocycles. The second-order valence-electron chi connectivity index (χ2n) is 7.49. The molecule has 2 aliphatic heterocycles. The molecule has 1 saturated heterocycles. The molecule has 3 rings (SSSR count). The first-order chi connectivity index (χ1) is 10.3. The van der Waals surface area contributed by atoms with Gasteiger partial charge in [-0.2, -0.15) is 0 Å². The molecule has 2 atom stereocenters. The summed E-state index contributed by atoms with van der Waals surface area (Å²) in [6.45, 7) is 9.50. The quantitative estimate of drug-likeness (QED) is 0.866. The molecule has 0 aromatic carbocycles. The van der Waals surface area contributed by atoms with E-state index in [1.54, 1.807) is 6.26 Å². The molecule has 1 aromatic rings. The van der Waals surface area contributed by atoms with E-state index in [9.17, 15) is 4.79 Å². The molecule has 1 aromatic heterocycles. The minimum absolute atomic E-state index is 0.0625. The Labute approximate surface area is 132 Å². The summed E-state index contributed by atoms with van der Waals surface area (Å²) >= 11 is 0. The molecule has 2 aliphatic rings. The van der Waals surface area contributed by atoms with E-state index in [1.807, 2.05) is 31.7 Å². The summed E-state index contributed by atoms with van der Waals surface area (Å²) in [6, 6.07) is 2.11. The van der Waals surface area contributed by atoms with Gasteiger partial charge in [0.25, 0.3) is 0 Å². The molecule has 1 fully saturated rings. The van der Waals surface area contributed by atoms with Gasteiger partial charge >= 0.3 is 6.09 Å². The van der Waals surface area contributed by atoms with E-state index in [-0.39, 0.29) is 17.7 Å². The van der Waals surface area contributed by atoms with Crippen LogP contribution in [0.2, 0.25) is 0 Å². The van der Waals surface area contributed by atoms with Crippen LogP contribution in [0.5, 0.6) is 0 Å². The summed E-state index contributed by atoms with van der Waals surface area (Å²) < 4.78 is 11.4. The first-order valence-electron chi connectivity index (χ1n) is 8.13. The summed E-state index contributed by atoms with van der Waals surface area (Å²) in [7, 11) is 0. The fourth-order valence-corrected chi connectivity index (χ4v) is 3.70. The van der Waals surface area contributed by atoms with Gasteiger partial charge in [0.1, 0.15) is 11.4 Å². The standard InChI is InChI=1S/C17H26N2O3/c1-16(2,3)22-15(20)19-10-5-6-13(19)17(4)14-12(7-9-18-17)8-11-21-14/h8,11,13,18H,5-7,9-10H2,1-4H3. The Morgan fingerprint density at radius 1 is 1.50 bits per heavy atom. The van der Waals surface area contributed by atoms with E-state index in [4.69, 9.17) is 9.15 Å². The van der Waals surface area contributed by atoms with Gasteiger partial charge in [0.05, 0.1) is 17.8 Å². The predicted molar refractivity (Wildman–Crippen MR) is 83.7 cm³/mol. The fraction of sp³-hybridized carbons (Fsp3) is 0.706. The number of ether oxygens (including phenoxy) is 1. The molecule has 22 heavy (non-hydrogen) atoms. The van der Waals surface area contributed by atoms with Gasteiger partial charge < -0.3 is 19.4 Å². The monoisotopic (exact) mass is 306 g/mol. The number of amides is 1. The van der Waals surface area contributed by atoms with Gasteiger partial charge in [0.15, 0.2) is 0 Å². The van der Waals surface area contributed by atoms with Crippen LogP contribution < -0.4 is 5.32 Å². The third-order valence-corrected chi connectivity index (χ3v) is 4.65. The van der Waals surface area contributed by atoms with Crippen molar-refractivity contribution in [2.24, 2.45) is 0 Å². The van der Waals surface area contributed by atoms with Crippen molar-refractivity contribution in [3.63, 3.8) is 0 Å². The molecule has 1 amide bonds. The smallest absolute Gasteiger partial charge is 0.410 e. The lowest BCUT2D eigenvalue weighted by atomic mass is 9.82. The Hall–Kier alpha value is -1.49. The molecule has 0 spiro atoms. The van der Waals surface area contributed by atoms with Gasteiger partial charge in [-0.1, -0.05) is 0 Å². The molecule has 122 valence electrons. The van der Waals surface area contributed by atoms with Crippen molar-refractivity contribution >= 4 is 6.09 Å². The second-order valence-corrected chi connectivity index (χ2v) is 7.49. The van der Waals surface area contributed by atoms with E-state index in [2.05, 4.69) is 12.2 Å². The maximum absolute atomic E-state index is 12.6. The number of carbonyl (C=O) groups excluding carboxylic acids is 1. The predicted octanol–water partition coefficient (Wildman–Crippen LogP) is 3.04. The summed E-state index contributed by atoms with van der Waals surface area (Å²) in [5, 5.41) is 3.58. The molecule has 0 radical (unpaired) electrons. The first-order valence-corrected chi connectivity index (χ1v) is 8.13. The maximum Gasteiger partial charge on any atom is 0.410 e. The average molecular weight is 306 g/mol. The lowest BCUT2D eigenvalue weighted by molar-refractivity contribution is 0.0108. The molecular formula is C17H26N2O3. The third kappa shape index (κ3) is 2.62. The van der Waals surface area contributed by atoms with Gasteiger partial charge in [-0.15, -0.1) is 0 Å². The van der Waals surface area contributed by atoms with E-state index >= 15 is 0 Å². The lowest BCUT2D eigenvalue weighted by Crippen LogP contribution is -2.58. The number of carbonyl (C=O) groups is 1. The first kappa shape index (κ1) is 15.4. The molecule has 0 saturated carbocycles. The van der Waals surface area contributed by atoms with Crippen LogP contribution in [-0.4, -0.2) is 35.7 Å². The summed E-state index contributed by atoms with van der Waals surface area (Å²) in [5.41, 5.74) is 0.433. The van der Waals surface area contributed by atoms with E-state index in [0.717, 1.165) is 38.1 Å². The molecular weight excluding hydrogens is 280 g/mol. The van der Waals surface area contributed by atoms with Gasteiger partial charge in [0.2, 0.25) is 0 Å². The topological polar surface area (TPSA) is 54.7 Å². The highest BCUT2D eigenvalue weighted by Gasteiger charge is 2.48. The number of likely N-dealkylation sites (tertiary alicyclic amines) is 1. The van der Waals surface area contributed by atoms with Gasteiger partial charge in [0, 0.05) is 13.1 Å². The largest absolute Gasteiger partial charge is 0.467 e. The number of hydrogen-bond acceptors (Lipinski definition) is 4. The van der Waals surface area contributed by atoms with Crippen molar-refractivity contribution < 1.29 is 13.9 Å². The Kier molecular flexibility index (Phi) is 3.71. The molecule has 5 nitrogen and oxygen atoms in total. The van der Waals surface area contributed by atoms with Crippen LogP contribution in [0.3, 0.4) is 0 Å². The van der Waals surface area contributed by atoms with Crippen LogP contribution in [0, 0.1) is 0 Å². The zero-order valence-corrected chi connectivity index (χ0v) is 13.9. The highest BCUT2D eigenvalue weighted by Crippen LogP contribution is 2.39. The Morgan fingerprint density at radius 3 is 3.00 bits per heavy atom. The number of fused-ring (bicyclic) bond motifs is 1. The number of furan rings is 1. The molecule has 0 bridgehead atoms. The molecule has 5 heteroatoms. The third-order valence-electron chi connectivity index (χ3n) is 4.65. The Morgan fingerprint density at radius 2 is 2.27 bits per heavy atom. The molecule has 3 heterocycles. The SMILES string of the molecule is CC(C)(C)OC(=O)N1CCCC1C1(C)NCCc2ccoc21. The minimum atomic E-state index is -0.471. The van der Waals surface area contributed by atoms with Gasteiger partial charge in [-0.05, 0) is 58.6 Å². The van der Waals surface area contributed by atoms with E-state index < -0.39 is 5.60 Å². The van der Waals surface area contributed by atoms with Crippen molar-refractivity contribution in [3.05, 3.63) is 23.7 Å². The van der Waals surface area contributed by atoms with Crippen LogP contribution in [0.15, 0.2) is 16.7 Å².